The van der Waals surface area contributed by atoms with Crippen LogP contribution in [0.3, 0.4) is 0 Å². The molecule has 1 aromatic carbocycles. The van der Waals surface area contributed by atoms with Gasteiger partial charge in [0.1, 0.15) is 11.6 Å². The number of methoxy groups -OCH3 is 1. The lowest BCUT2D eigenvalue weighted by Gasteiger charge is -2.18. The topological polar surface area (TPSA) is 21.3 Å². The Labute approximate surface area is 94.4 Å². The van der Waals surface area contributed by atoms with Crippen LogP contribution in [0.5, 0.6) is 5.75 Å². The summed E-state index contributed by atoms with van der Waals surface area (Å²) >= 11 is 5.69. The molecule has 0 fully saturated rings. The van der Waals surface area contributed by atoms with Gasteiger partial charge in [-0.05, 0) is 31.7 Å². The Hall–Kier alpha value is -0.800. The zero-order chi connectivity index (χ0) is 11.3. The predicted octanol–water partition coefficient (Wildman–Crippen LogP) is 2.72. The molecule has 1 aromatic rings. The third-order valence-electron chi connectivity index (χ3n) is 2.31. The first kappa shape index (κ1) is 12.3. The second kappa shape index (κ2) is 5.93. The average Bonchev–Trinajstić information content (AvgIpc) is 2.26. The van der Waals surface area contributed by atoms with Crippen molar-refractivity contribution in [2.24, 2.45) is 0 Å². The van der Waals surface area contributed by atoms with E-state index in [1.54, 1.807) is 13.2 Å². The number of nitrogens with one attached hydrogen (secondary N) is 1. The van der Waals surface area contributed by atoms with Crippen molar-refractivity contribution in [3.8, 4) is 5.75 Å². The van der Waals surface area contributed by atoms with Gasteiger partial charge in [0.15, 0.2) is 0 Å². The summed E-state index contributed by atoms with van der Waals surface area (Å²) < 4.78 is 18.3. The minimum atomic E-state index is -0.263. The van der Waals surface area contributed by atoms with Crippen LogP contribution in [0.1, 0.15) is 18.0 Å². The van der Waals surface area contributed by atoms with Gasteiger partial charge >= 0.3 is 0 Å². The summed E-state index contributed by atoms with van der Waals surface area (Å²) in [6.45, 7) is 0. The van der Waals surface area contributed by atoms with Gasteiger partial charge in [0, 0.05) is 17.5 Å². The van der Waals surface area contributed by atoms with E-state index in [0.29, 0.717) is 11.6 Å². The van der Waals surface area contributed by atoms with Crippen molar-refractivity contribution in [3.05, 3.63) is 29.6 Å². The van der Waals surface area contributed by atoms with E-state index >= 15 is 0 Å². The van der Waals surface area contributed by atoms with Crippen molar-refractivity contribution < 1.29 is 9.13 Å². The highest BCUT2D eigenvalue weighted by Crippen LogP contribution is 2.27. The summed E-state index contributed by atoms with van der Waals surface area (Å²) in [7, 11) is 3.39. The predicted molar refractivity (Wildman–Crippen MR) is 60.1 cm³/mol. The van der Waals surface area contributed by atoms with Gasteiger partial charge in [-0.25, -0.2) is 4.39 Å². The molecule has 0 bridgehead atoms. The third kappa shape index (κ3) is 3.08. The molecule has 0 aliphatic rings. The molecule has 4 heteroatoms. The number of alkyl halides is 1. The lowest BCUT2D eigenvalue weighted by molar-refractivity contribution is 0.398. The second-order valence-electron chi connectivity index (χ2n) is 3.21. The molecule has 0 spiro atoms. The fourth-order valence-electron chi connectivity index (χ4n) is 1.54. The molecule has 1 unspecified atom stereocenters. The Kier molecular flexibility index (Phi) is 4.85. The van der Waals surface area contributed by atoms with Crippen molar-refractivity contribution in [2.45, 2.75) is 12.5 Å². The van der Waals surface area contributed by atoms with Crippen molar-refractivity contribution in [1.29, 1.82) is 0 Å². The van der Waals surface area contributed by atoms with E-state index in [1.165, 1.54) is 12.1 Å². The van der Waals surface area contributed by atoms with Crippen LogP contribution in [0.15, 0.2) is 18.2 Å². The van der Waals surface area contributed by atoms with Crippen LogP contribution < -0.4 is 10.1 Å². The first-order chi connectivity index (χ1) is 7.22. The monoisotopic (exact) mass is 231 g/mol. The van der Waals surface area contributed by atoms with Crippen LogP contribution in [0, 0.1) is 5.82 Å². The van der Waals surface area contributed by atoms with E-state index in [2.05, 4.69) is 5.32 Å². The quantitative estimate of drug-likeness (QED) is 0.787. The first-order valence-electron chi connectivity index (χ1n) is 4.79. The molecule has 1 rings (SSSR count). The second-order valence-corrected chi connectivity index (χ2v) is 3.58. The molecule has 0 amide bonds. The highest BCUT2D eigenvalue weighted by Gasteiger charge is 2.14. The minimum absolute atomic E-state index is 0.0214. The molecule has 2 nitrogen and oxygen atoms in total. The fraction of sp³-hybridized carbons (Fsp3) is 0.455. The maximum Gasteiger partial charge on any atom is 0.123 e. The van der Waals surface area contributed by atoms with Gasteiger partial charge in [0.2, 0.25) is 0 Å². The van der Waals surface area contributed by atoms with Crippen LogP contribution in [0.25, 0.3) is 0 Å². The van der Waals surface area contributed by atoms with Crippen LogP contribution in [0.2, 0.25) is 0 Å². The highest BCUT2D eigenvalue weighted by atomic mass is 35.5. The summed E-state index contributed by atoms with van der Waals surface area (Å²) in [5.74, 6) is 0.937. The van der Waals surface area contributed by atoms with Gasteiger partial charge in [0.25, 0.3) is 0 Å². The zero-order valence-corrected chi connectivity index (χ0v) is 9.64. The molecular weight excluding hydrogens is 217 g/mol. The van der Waals surface area contributed by atoms with Gasteiger partial charge in [-0.1, -0.05) is 0 Å². The Morgan fingerprint density at radius 1 is 1.53 bits per heavy atom. The maximum atomic E-state index is 13.1. The number of benzene rings is 1. The lowest BCUT2D eigenvalue weighted by Crippen LogP contribution is -2.17. The molecule has 0 heterocycles. The molecule has 0 aliphatic heterocycles. The Balaban J connectivity index is 3.02. The molecular formula is C11H15ClFNO. The van der Waals surface area contributed by atoms with Crippen molar-refractivity contribution in [2.75, 3.05) is 20.0 Å². The van der Waals surface area contributed by atoms with Gasteiger partial charge in [0.05, 0.1) is 7.11 Å². The number of hydrogen-bond acceptors (Lipinski definition) is 2. The smallest absolute Gasteiger partial charge is 0.123 e. The molecule has 1 N–H and O–H groups in total. The van der Waals surface area contributed by atoms with Gasteiger partial charge in [-0.3, -0.25) is 0 Å². The maximum absolute atomic E-state index is 13.1. The molecule has 0 aromatic heterocycles. The van der Waals surface area contributed by atoms with E-state index in [1.807, 2.05) is 7.05 Å². The molecule has 84 valence electrons. The van der Waals surface area contributed by atoms with Crippen LogP contribution in [-0.2, 0) is 0 Å². The van der Waals surface area contributed by atoms with E-state index in [9.17, 15) is 4.39 Å². The van der Waals surface area contributed by atoms with Crippen molar-refractivity contribution in [3.63, 3.8) is 0 Å². The summed E-state index contributed by atoms with van der Waals surface area (Å²) in [4.78, 5) is 0. The van der Waals surface area contributed by atoms with Gasteiger partial charge in [-0.2, -0.15) is 0 Å². The van der Waals surface area contributed by atoms with Crippen LogP contribution in [0.4, 0.5) is 4.39 Å². The molecule has 0 saturated heterocycles. The summed E-state index contributed by atoms with van der Waals surface area (Å²) in [5, 5.41) is 3.09. The molecule has 0 radical (unpaired) electrons. The van der Waals surface area contributed by atoms with Crippen molar-refractivity contribution in [1.82, 2.24) is 5.32 Å². The lowest BCUT2D eigenvalue weighted by atomic mass is 10.0. The van der Waals surface area contributed by atoms with Gasteiger partial charge < -0.3 is 10.1 Å². The Morgan fingerprint density at radius 3 is 2.80 bits per heavy atom. The third-order valence-corrected chi connectivity index (χ3v) is 2.53. The largest absolute Gasteiger partial charge is 0.496 e. The van der Waals surface area contributed by atoms with E-state index in [-0.39, 0.29) is 11.9 Å². The van der Waals surface area contributed by atoms with E-state index in [4.69, 9.17) is 16.3 Å². The van der Waals surface area contributed by atoms with Crippen molar-refractivity contribution >= 4 is 11.6 Å². The Morgan fingerprint density at radius 2 is 2.27 bits per heavy atom. The number of rotatable bonds is 5. The minimum Gasteiger partial charge on any atom is -0.496 e. The average molecular weight is 232 g/mol. The van der Waals surface area contributed by atoms with Crippen LogP contribution in [-0.4, -0.2) is 20.0 Å². The summed E-state index contributed by atoms with van der Waals surface area (Å²) in [6, 6.07) is 4.51. The normalized spacial score (nSPS) is 12.5. The SMILES string of the molecule is CNC(CCCl)c1cc(F)ccc1OC. The van der Waals surface area contributed by atoms with E-state index in [0.717, 1.165) is 12.0 Å². The number of ether oxygens (including phenoxy) is 1. The Bertz CT molecular complexity index is 319. The molecule has 1 atom stereocenters. The summed E-state index contributed by atoms with van der Waals surface area (Å²) in [5.41, 5.74) is 0.806. The number of halogens is 2. The zero-order valence-electron chi connectivity index (χ0n) is 8.89. The molecule has 0 aliphatic carbocycles. The standard InChI is InChI=1S/C11H15ClFNO/c1-14-10(5-6-12)9-7-8(13)3-4-11(9)15-2/h3-4,7,10,14H,5-6H2,1-2H3. The molecule has 15 heavy (non-hydrogen) atoms. The summed E-state index contributed by atoms with van der Waals surface area (Å²) in [6.07, 6.45) is 0.734. The fourth-order valence-corrected chi connectivity index (χ4v) is 1.76. The highest BCUT2D eigenvalue weighted by molar-refractivity contribution is 6.17. The molecule has 0 saturated carbocycles. The van der Waals surface area contributed by atoms with E-state index < -0.39 is 0 Å². The van der Waals surface area contributed by atoms with Crippen LogP contribution >= 0.6 is 11.6 Å². The number of hydrogen-bond donors (Lipinski definition) is 1. The first-order valence-corrected chi connectivity index (χ1v) is 5.33. The van der Waals surface area contributed by atoms with Gasteiger partial charge in [-0.15, -0.1) is 11.6 Å².